The molecule has 2 aromatic carbocycles. The standard InChI is InChI=1S/C21H23NO6S/c1-14(23)15-4-8-17(9-5-15)22-21(26)28-19(3-2-12-27-20(25)13-29)16-6-10-18(24)11-7-16/h4-11,19,24,29H,2-3,12-13H2,1H3,(H,22,26)/t19-/m1/s1. The number of phenolic OH excluding ortho intramolecular Hbond substituents is 1. The summed E-state index contributed by atoms with van der Waals surface area (Å²) in [5.41, 5.74) is 1.74. The van der Waals surface area contributed by atoms with Crippen LogP contribution in [-0.4, -0.2) is 35.3 Å². The Kier molecular flexibility index (Phi) is 8.54. The fourth-order valence-electron chi connectivity index (χ4n) is 2.55. The molecule has 0 fully saturated rings. The summed E-state index contributed by atoms with van der Waals surface area (Å²) in [6.45, 7) is 1.65. The Labute approximate surface area is 174 Å². The lowest BCUT2D eigenvalue weighted by molar-refractivity contribution is -0.140. The van der Waals surface area contributed by atoms with Gasteiger partial charge in [0.05, 0.1) is 12.4 Å². The van der Waals surface area contributed by atoms with Crippen molar-refractivity contribution in [2.75, 3.05) is 17.7 Å². The predicted octanol–water partition coefficient (Wildman–Crippen LogP) is 4.14. The number of hydrogen-bond acceptors (Lipinski definition) is 7. The molecule has 0 aliphatic rings. The van der Waals surface area contributed by atoms with E-state index in [4.69, 9.17) is 9.47 Å². The summed E-state index contributed by atoms with van der Waals surface area (Å²) in [6, 6.07) is 12.8. The molecular formula is C21H23NO6S. The van der Waals surface area contributed by atoms with Crippen LogP contribution in [-0.2, 0) is 14.3 Å². The zero-order chi connectivity index (χ0) is 21.2. The second-order valence-electron chi connectivity index (χ2n) is 6.26. The van der Waals surface area contributed by atoms with Crippen LogP contribution >= 0.6 is 12.6 Å². The van der Waals surface area contributed by atoms with Crippen LogP contribution in [0.4, 0.5) is 10.5 Å². The largest absolute Gasteiger partial charge is 0.508 e. The summed E-state index contributed by atoms with van der Waals surface area (Å²) in [5.74, 6) is -0.375. The number of nitrogens with one attached hydrogen (secondary N) is 1. The second-order valence-corrected chi connectivity index (χ2v) is 6.58. The third-order valence-electron chi connectivity index (χ3n) is 4.05. The maximum absolute atomic E-state index is 12.3. The van der Waals surface area contributed by atoms with Gasteiger partial charge in [0.1, 0.15) is 11.9 Å². The number of esters is 1. The number of carbonyl (C=O) groups excluding carboxylic acids is 3. The minimum atomic E-state index is -0.661. The van der Waals surface area contributed by atoms with Crippen LogP contribution in [0.2, 0.25) is 0 Å². The van der Waals surface area contributed by atoms with E-state index in [1.807, 2.05) is 0 Å². The van der Waals surface area contributed by atoms with E-state index < -0.39 is 18.2 Å². The molecule has 2 aromatic rings. The number of thiol groups is 1. The summed E-state index contributed by atoms with van der Waals surface area (Å²) in [7, 11) is 0. The molecule has 0 spiro atoms. The van der Waals surface area contributed by atoms with Crippen molar-refractivity contribution in [3.05, 3.63) is 59.7 Å². The molecule has 29 heavy (non-hydrogen) atoms. The maximum atomic E-state index is 12.3. The first-order valence-electron chi connectivity index (χ1n) is 9.03. The highest BCUT2D eigenvalue weighted by Crippen LogP contribution is 2.25. The van der Waals surface area contributed by atoms with Crippen LogP contribution in [0.5, 0.6) is 5.75 Å². The topological polar surface area (TPSA) is 102 Å². The van der Waals surface area contributed by atoms with E-state index in [1.54, 1.807) is 36.4 Å². The minimum absolute atomic E-state index is 0.00269. The Morgan fingerprint density at radius 1 is 1.07 bits per heavy atom. The molecular weight excluding hydrogens is 394 g/mol. The van der Waals surface area contributed by atoms with Crippen molar-refractivity contribution < 1.29 is 29.0 Å². The quantitative estimate of drug-likeness (QED) is 0.245. The lowest BCUT2D eigenvalue weighted by Gasteiger charge is -2.19. The van der Waals surface area contributed by atoms with E-state index in [0.29, 0.717) is 29.7 Å². The number of aromatic hydroxyl groups is 1. The zero-order valence-corrected chi connectivity index (χ0v) is 16.9. The summed E-state index contributed by atoms with van der Waals surface area (Å²) in [5, 5.41) is 12.1. The van der Waals surface area contributed by atoms with Gasteiger partial charge in [0, 0.05) is 11.3 Å². The first-order chi connectivity index (χ1) is 13.9. The molecule has 0 aromatic heterocycles. The molecule has 1 amide bonds. The van der Waals surface area contributed by atoms with Gasteiger partial charge in [-0.05, 0) is 61.7 Å². The summed E-state index contributed by atoms with van der Waals surface area (Å²) < 4.78 is 10.5. The first kappa shape index (κ1) is 22.3. The van der Waals surface area contributed by atoms with Gasteiger partial charge in [0.25, 0.3) is 0 Å². The number of benzene rings is 2. The Bertz CT molecular complexity index is 835. The van der Waals surface area contributed by atoms with Gasteiger partial charge in [-0.1, -0.05) is 12.1 Å². The summed E-state index contributed by atoms with van der Waals surface area (Å²) in [4.78, 5) is 34.8. The van der Waals surface area contributed by atoms with Crippen LogP contribution in [0.25, 0.3) is 0 Å². The van der Waals surface area contributed by atoms with Crippen molar-refractivity contribution in [1.82, 2.24) is 0 Å². The molecule has 0 radical (unpaired) electrons. The predicted molar refractivity (Wildman–Crippen MR) is 111 cm³/mol. The molecule has 0 aliphatic carbocycles. The molecule has 0 saturated heterocycles. The smallest absolute Gasteiger partial charge is 0.412 e. The fourth-order valence-corrected chi connectivity index (χ4v) is 2.64. The third-order valence-corrected chi connectivity index (χ3v) is 4.31. The van der Waals surface area contributed by atoms with Crippen molar-refractivity contribution in [3.8, 4) is 5.75 Å². The van der Waals surface area contributed by atoms with Gasteiger partial charge in [-0.25, -0.2) is 4.79 Å². The second kappa shape index (κ2) is 11.1. The van der Waals surface area contributed by atoms with E-state index in [1.165, 1.54) is 19.1 Å². The SMILES string of the molecule is CC(=O)c1ccc(NC(=O)O[C@H](CCCOC(=O)CS)c2ccc(O)cc2)cc1. The van der Waals surface area contributed by atoms with E-state index in [9.17, 15) is 19.5 Å². The van der Waals surface area contributed by atoms with Crippen molar-refractivity contribution in [3.63, 3.8) is 0 Å². The molecule has 0 unspecified atom stereocenters. The maximum Gasteiger partial charge on any atom is 0.412 e. The number of rotatable bonds is 9. The zero-order valence-electron chi connectivity index (χ0n) is 16.0. The Balaban J connectivity index is 1.99. The highest BCUT2D eigenvalue weighted by Gasteiger charge is 2.17. The van der Waals surface area contributed by atoms with Crippen LogP contribution in [0, 0.1) is 0 Å². The normalized spacial score (nSPS) is 11.4. The van der Waals surface area contributed by atoms with Gasteiger partial charge in [-0.15, -0.1) is 0 Å². The van der Waals surface area contributed by atoms with E-state index in [2.05, 4.69) is 17.9 Å². The number of hydrogen-bond donors (Lipinski definition) is 3. The molecule has 2 N–H and O–H groups in total. The number of phenols is 1. The Morgan fingerprint density at radius 3 is 2.31 bits per heavy atom. The molecule has 1 atom stereocenters. The number of anilines is 1. The molecule has 154 valence electrons. The Morgan fingerprint density at radius 2 is 1.72 bits per heavy atom. The Hall–Kier alpha value is -3.00. The number of carbonyl (C=O) groups is 3. The molecule has 7 nitrogen and oxygen atoms in total. The monoisotopic (exact) mass is 417 g/mol. The summed E-state index contributed by atoms with van der Waals surface area (Å²) in [6.07, 6.45) is -0.361. The van der Waals surface area contributed by atoms with Gasteiger partial charge < -0.3 is 14.6 Å². The average molecular weight is 417 g/mol. The number of ether oxygens (including phenoxy) is 2. The van der Waals surface area contributed by atoms with Crippen molar-refractivity contribution in [2.24, 2.45) is 0 Å². The van der Waals surface area contributed by atoms with Gasteiger partial charge >= 0.3 is 12.1 Å². The molecule has 0 aliphatic heterocycles. The van der Waals surface area contributed by atoms with Gasteiger partial charge in [-0.3, -0.25) is 14.9 Å². The average Bonchev–Trinajstić information content (AvgIpc) is 2.71. The first-order valence-corrected chi connectivity index (χ1v) is 9.66. The molecule has 8 heteroatoms. The number of ketones is 1. The third kappa shape index (κ3) is 7.50. The minimum Gasteiger partial charge on any atom is -0.508 e. The van der Waals surface area contributed by atoms with E-state index >= 15 is 0 Å². The van der Waals surface area contributed by atoms with Crippen LogP contribution in [0.15, 0.2) is 48.5 Å². The lowest BCUT2D eigenvalue weighted by Crippen LogP contribution is -2.18. The molecule has 2 rings (SSSR count). The van der Waals surface area contributed by atoms with Crippen molar-refractivity contribution in [1.29, 1.82) is 0 Å². The van der Waals surface area contributed by atoms with E-state index in [0.717, 1.165) is 0 Å². The van der Waals surface area contributed by atoms with Crippen LogP contribution in [0.3, 0.4) is 0 Å². The van der Waals surface area contributed by atoms with Gasteiger partial charge in [0.2, 0.25) is 0 Å². The lowest BCUT2D eigenvalue weighted by atomic mass is 10.0. The number of Topliss-reactive ketones (excluding diaryl/α,β-unsaturated/α-hetero) is 1. The van der Waals surface area contributed by atoms with Crippen LogP contribution in [0.1, 0.15) is 41.8 Å². The van der Waals surface area contributed by atoms with Crippen molar-refractivity contribution >= 4 is 36.2 Å². The van der Waals surface area contributed by atoms with Gasteiger partial charge in [-0.2, -0.15) is 12.6 Å². The molecule has 0 saturated carbocycles. The molecule has 0 heterocycles. The molecule has 0 bridgehead atoms. The van der Waals surface area contributed by atoms with Crippen molar-refractivity contribution in [2.45, 2.75) is 25.9 Å². The highest BCUT2D eigenvalue weighted by molar-refractivity contribution is 7.81. The van der Waals surface area contributed by atoms with Gasteiger partial charge in [0.15, 0.2) is 5.78 Å². The van der Waals surface area contributed by atoms with E-state index in [-0.39, 0.29) is 23.9 Å². The fraction of sp³-hybridized carbons (Fsp3) is 0.286. The van der Waals surface area contributed by atoms with Crippen LogP contribution < -0.4 is 5.32 Å². The highest BCUT2D eigenvalue weighted by atomic mass is 32.1. The number of amides is 1. The summed E-state index contributed by atoms with van der Waals surface area (Å²) >= 11 is 3.84.